The molecule has 0 aliphatic heterocycles. The van der Waals surface area contributed by atoms with Crippen molar-refractivity contribution < 1.29 is 18.0 Å². The van der Waals surface area contributed by atoms with Crippen LogP contribution in [-0.4, -0.2) is 50.0 Å². The Bertz CT molecular complexity index is 1480. The van der Waals surface area contributed by atoms with E-state index in [-0.39, 0.29) is 50.2 Å². The van der Waals surface area contributed by atoms with Crippen LogP contribution in [0.2, 0.25) is 10.0 Å². The summed E-state index contributed by atoms with van der Waals surface area (Å²) in [5.41, 5.74) is 3.85. The number of hydrogen-bond acceptors (Lipinski definition) is 4. The Labute approximate surface area is 259 Å². The van der Waals surface area contributed by atoms with E-state index in [2.05, 4.69) is 5.32 Å². The number of nitrogens with one attached hydrogen (secondary N) is 1. The van der Waals surface area contributed by atoms with Crippen LogP contribution in [0.3, 0.4) is 0 Å². The number of hydrogen-bond donors (Lipinski definition) is 1. The molecule has 2 amide bonds. The van der Waals surface area contributed by atoms with E-state index in [0.29, 0.717) is 21.3 Å². The third-order valence-electron chi connectivity index (χ3n) is 7.09. The van der Waals surface area contributed by atoms with Gasteiger partial charge >= 0.3 is 0 Å². The first kappa shape index (κ1) is 33.4. The normalized spacial score (nSPS) is 12.2. The molecule has 0 saturated heterocycles. The molecule has 7 nitrogen and oxygen atoms in total. The quantitative estimate of drug-likeness (QED) is 0.239. The van der Waals surface area contributed by atoms with Crippen LogP contribution in [0.1, 0.15) is 48.9 Å². The maximum absolute atomic E-state index is 14.0. The molecule has 0 radical (unpaired) electrons. The number of rotatable bonds is 13. The van der Waals surface area contributed by atoms with E-state index in [9.17, 15) is 18.0 Å². The summed E-state index contributed by atoms with van der Waals surface area (Å²) in [6.07, 6.45) is 1.70. The highest BCUT2D eigenvalue weighted by atomic mass is 35.5. The van der Waals surface area contributed by atoms with Crippen LogP contribution in [-0.2, 0) is 32.6 Å². The number of carbonyl (C=O) groups is 2. The minimum Gasteiger partial charge on any atom is -0.352 e. The van der Waals surface area contributed by atoms with Gasteiger partial charge in [-0.2, -0.15) is 0 Å². The third-order valence-corrected chi connectivity index (χ3v) is 8.98. The lowest BCUT2D eigenvalue weighted by Gasteiger charge is -2.33. The van der Waals surface area contributed by atoms with Gasteiger partial charge in [0.2, 0.25) is 21.8 Å². The standard InChI is InChI=1S/C32H39Cl2N3O4S/c1-22(2)35-32(39)30(20-25-13-7-6-8-14-25)36(21-26-27(33)15-10-16-28(26)34)31(38)18-11-19-37(42(5,40)41)29-17-9-12-23(3)24(29)4/h6-10,12-17,22,30H,11,18-21H2,1-5H3,(H,35,39)/t30-/m1/s1. The lowest BCUT2D eigenvalue weighted by atomic mass is 10.0. The molecule has 1 atom stereocenters. The second-order valence-corrected chi connectivity index (χ2v) is 13.5. The molecule has 1 N–H and O–H groups in total. The van der Waals surface area contributed by atoms with Gasteiger partial charge in [-0.3, -0.25) is 13.9 Å². The van der Waals surface area contributed by atoms with Crippen LogP contribution in [0.4, 0.5) is 5.69 Å². The van der Waals surface area contributed by atoms with E-state index < -0.39 is 16.1 Å². The highest BCUT2D eigenvalue weighted by molar-refractivity contribution is 7.92. The SMILES string of the molecule is Cc1cccc(N(CCCC(=O)N(Cc2c(Cl)cccc2Cl)[C@H](Cc2ccccc2)C(=O)NC(C)C)S(C)(=O)=O)c1C. The van der Waals surface area contributed by atoms with E-state index in [1.807, 2.05) is 70.2 Å². The average molecular weight is 633 g/mol. The Morgan fingerprint density at radius 2 is 1.52 bits per heavy atom. The summed E-state index contributed by atoms with van der Waals surface area (Å²) in [6, 6.07) is 19.1. The van der Waals surface area contributed by atoms with Crippen LogP contribution in [0, 0.1) is 13.8 Å². The number of nitrogens with zero attached hydrogens (tertiary/aromatic N) is 2. The van der Waals surface area contributed by atoms with E-state index in [1.54, 1.807) is 24.3 Å². The smallest absolute Gasteiger partial charge is 0.243 e. The van der Waals surface area contributed by atoms with Crippen molar-refractivity contribution in [2.45, 2.75) is 65.6 Å². The van der Waals surface area contributed by atoms with Crippen LogP contribution in [0.25, 0.3) is 0 Å². The number of carbonyl (C=O) groups excluding carboxylic acids is 2. The number of anilines is 1. The lowest BCUT2D eigenvalue weighted by Crippen LogP contribution is -2.52. The highest BCUT2D eigenvalue weighted by Gasteiger charge is 2.32. The first-order chi connectivity index (χ1) is 19.8. The maximum atomic E-state index is 14.0. The van der Waals surface area contributed by atoms with Gasteiger partial charge in [0, 0.05) is 47.6 Å². The second kappa shape index (κ2) is 14.9. The lowest BCUT2D eigenvalue weighted by molar-refractivity contribution is -0.141. The summed E-state index contributed by atoms with van der Waals surface area (Å²) in [5.74, 6) is -0.598. The van der Waals surface area contributed by atoms with E-state index in [4.69, 9.17) is 23.2 Å². The third kappa shape index (κ3) is 8.96. The van der Waals surface area contributed by atoms with Crippen molar-refractivity contribution in [3.05, 3.63) is 99.0 Å². The number of benzene rings is 3. The number of halogens is 2. The van der Waals surface area contributed by atoms with Crippen LogP contribution in [0.5, 0.6) is 0 Å². The largest absolute Gasteiger partial charge is 0.352 e. The first-order valence-electron chi connectivity index (χ1n) is 13.9. The molecule has 42 heavy (non-hydrogen) atoms. The summed E-state index contributed by atoms with van der Waals surface area (Å²) in [5, 5.41) is 3.73. The van der Waals surface area contributed by atoms with Crippen molar-refractivity contribution in [1.82, 2.24) is 10.2 Å². The molecule has 3 aromatic rings. The zero-order valence-corrected chi connectivity index (χ0v) is 27.1. The zero-order valence-electron chi connectivity index (χ0n) is 24.7. The Balaban J connectivity index is 1.94. The minimum atomic E-state index is -3.61. The summed E-state index contributed by atoms with van der Waals surface area (Å²) in [6.45, 7) is 7.66. The Morgan fingerprint density at radius 1 is 0.905 bits per heavy atom. The number of amides is 2. The molecule has 0 spiro atoms. The molecule has 0 fully saturated rings. The molecule has 0 bridgehead atoms. The van der Waals surface area contributed by atoms with Gasteiger partial charge in [-0.05, 0) is 69.0 Å². The molecule has 0 aromatic heterocycles. The predicted octanol–water partition coefficient (Wildman–Crippen LogP) is 6.32. The molecular formula is C32H39Cl2N3O4S. The molecule has 3 aromatic carbocycles. The zero-order chi connectivity index (χ0) is 31.0. The highest BCUT2D eigenvalue weighted by Crippen LogP contribution is 2.29. The fourth-order valence-corrected chi connectivity index (χ4v) is 6.31. The van der Waals surface area contributed by atoms with Gasteiger partial charge in [-0.1, -0.05) is 71.7 Å². The molecule has 0 unspecified atom stereocenters. The Hall–Kier alpha value is -3.07. The Kier molecular flexibility index (Phi) is 11.9. The maximum Gasteiger partial charge on any atom is 0.243 e. The Morgan fingerprint density at radius 3 is 2.12 bits per heavy atom. The minimum absolute atomic E-state index is 0.0131. The van der Waals surface area contributed by atoms with Gasteiger partial charge in [0.1, 0.15) is 6.04 Å². The molecule has 0 saturated carbocycles. The van der Waals surface area contributed by atoms with Crippen molar-refractivity contribution in [3.8, 4) is 0 Å². The van der Waals surface area contributed by atoms with Crippen LogP contribution < -0.4 is 9.62 Å². The molecule has 0 aliphatic rings. The van der Waals surface area contributed by atoms with Crippen molar-refractivity contribution in [2.24, 2.45) is 0 Å². The monoisotopic (exact) mass is 631 g/mol. The predicted molar refractivity (Wildman–Crippen MR) is 172 cm³/mol. The van der Waals surface area contributed by atoms with Crippen LogP contribution in [0.15, 0.2) is 66.7 Å². The van der Waals surface area contributed by atoms with Crippen molar-refractivity contribution in [3.63, 3.8) is 0 Å². The number of sulfonamides is 1. The summed E-state index contributed by atoms with van der Waals surface area (Å²) in [4.78, 5) is 29.1. The van der Waals surface area contributed by atoms with Gasteiger partial charge in [-0.15, -0.1) is 0 Å². The van der Waals surface area contributed by atoms with Crippen molar-refractivity contribution >= 4 is 50.7 Å². The van der Waals surface area contributed by atoms with E-state index in [0.717, 1.165) is 22.9 Å². The molecule has 10 heteroatoms. The molecule has 0 heterocycles. The fraction of sp³-hybridized carbons (Fsp3) is 0.375. The molecule has 226 valence electrons. The molecular weight excluding hydrogens is 593 g/mol. The van der Waals surface area contributed by atoms with Gasteiger partial charge in [0.25, 0.3) is 0 Å². The average Bonchev–Trinajstić information content (AvgIpc) is 2.91. The fourth-order valence-electron chi connectivity index (χ4n) is 4.78. The second-order valence-electron chi connectivity index (χ2n) is 10.7. The van der Waals surface area contributed by atoms with Gasteiger partial charge < -0.3 is 10.2 Å². The van der Waals surface area contributed by atoms with Gasteiger partial charge in [0.05, 0.1) is 11.9 Å². The molecule has 3 rings (SSSR count). The molecule has 0 aliphatic carbocycles. The van der Waals surface area contributed by atoms with Gasteiger partial charge in [-0.25, -0.2) is 8.42 Å². The topological polar surface area (TPSA) is 86.8 Å². The summed E-state index contributed by atoms with van der Waals surface area (Å²) < 4.78 is 26.9. The van der Waals surface area contributed by atoms with Crippen LogP contribution >= 0.6 is 23.2 Å². The van der Waals surface area contributed by atoms with Crippen molar-refractivity contribution in [1.29, 1.82) is 0 Å². The van der Waals surface area contributed by atoms with Crippen molar-refractivity contribution in [2.75, 3.05) is 17.1 Å². The number of aryl methyl sites for hydroxylation is 1. The first-order valence-corrected chi connectivity index (χ1v) is 16.5. The van der Waals surface area contributed by atoms with E-state index >= 15 is 0 Å². The van der Waals surface area contributed by atoms with Gasteiger partial charge in [0.15, 0.2) is 0 Å². The summed E-state index contributed by atoms with van der Waals surface area (Å²) >= 11 is 13.0. The van der Waals surface area contributed by atoms with E-state index in [1.165, 1.54) is 9.21 Å². The summed E-state index contributed by atoms with van der Waals surface area (Å²) in [7, 11) is -3.61.